The minimum Gasteiger partial charge on any atom is -0.478 e. The van der Waals surface area contributed by atoms with Crippen molar-refractivity contribution in [2.24, 2.45) is 0 Å². The molecule has 0 saturated carbocycles. The SMILES string of the molecule is CC(C)(C)c1cccc(OC(C)(C(=O)O)c2ccc(OCOc3ccc(Cl)cc3)cc2)c1. The summed E-state index contributed by atoms with van der Waals surface area (Å²) in [5, 5.41) is 10.6. The number of ether oxygens (including phenoxy) is 3. The van der Waals surface area contributed by atoms with Gasteiger partial charge in [-0.3, -0.25) is 0 Å². The first-order chi connectivity index (χ1) is 15.1. The first-order valence-electron chi connectivity index (χ1n) is 10.2. The topological polar surface area (TPSA) is 65.0 Å². The zero-order chi connectivity index (χ0) is 23.4. The van der Waals surface area contributed by atoms with Crippen molar-refractivity contribution in [3.63, 3.8) is 0 Å². The third-order valence-corrected chi connectivity index (χ3v) is 5.35. The molecule has 0 amide bonds. The second-order valence-electron chi connectivity index (χ2n) is 8.60. The van der Waals surface area contributed by atoms with Gasteiger partial charge in [-0.2, -0.15) is 0 Å². The Labute approximate surface area is 193 Å². The Hall–Kier alpha value is -3.18. The van der Waals surface area contributed by atoms with Gasteiger partial charge in [0.2, 0.25) is 12.4 Å². The Morgan fingerprint density at radius 1 is 0.812 bits per heavy atom. The number of carboxylic acids is 1. The smallest absolute Gasteiger partial charge is 0.352 e. The van der Waals surface area contributed by atoms with E-state index in [2.05, 4.69) is 20.8 Å². The second kappa shape index (κ2) is 9.53. The Morgan fingerprint density at radius 2 is 1.38 bits per heavy atom. The van der Waals surface area contributed by atoms with Crippen LogP contribution >= 0.6 is 11.6 Å². The van der Waals surface area contributed by atoms with E-state index in [9.17, 15) is 9.90 Å². The molecule has 0 aliphatic carbocycles. The van der Waals surface area contributed by atoms with Gasteiger partial charge >= 0.3 is 5.97 Å². The van der Waals surface area contributed by atoms with Gasteiger partial charge in [0.05, 0.1) is 0 Å². The highest BCUT2D eigenvalue weighted by Crippen LogP contribution is 2.32. The zero-order valence-corrected chi connectivity index (χ0v) is 19.3. The maximum absolute atomic E-state index is 12.2. The van der Waals surface area contributed by atoms with E-state index in [1.54, 1.807) is 61.5 Å². The zero-order valence-electron chi connectivity index (χ0n) is 18.6. The molecule has 3 rings (SSSR count). The molecule has 0 heterocycles. The van der Waals surface area contributed by atoms with Crippen molar-refractivity contribution < 1.29 is 24.1 Å². The summed E-state index contributed by atoms with van der Waals surface area (Å²) in [7, 11) is 0. The maximum atomic E-state index is 12.2. The summed E-state index contributed by atoms with van der Waals surface area (Å²) in [5.74, 6) is 0.595. The summed E-state index contributed by atoms with van der Waals surface area (Å²) in [6.45, 7) is 7.83. The van der Waals surface area contributed by atoms with E-state index in [0.717, 1.165) is 5.56 Å². The monoisotopic (exact) mass is 454 g/mol. The molecule has 3 aromatic rings. The van der Waals surface area contributed by atoms with Crippen molar-refractivity contribution >= 4 is 17.6 Å². The van der Waals surface area contributed by atoms with Crippen molar-refractivity contribution in [2.75, 3.05) is 6.79 Å². The standard InChI is InChI=1S/C26H27ClO5/c1-25(2,3)19-6-5-7-23(16-19)32-26(4,24(28)29)18-8-12-21(13-9-18)30-17-31-22-14-10-20(27)11-15-22/h5-16H,17H2,1-4H3,(H,28,29). The molecule has 1 unspecified atom stereocenters. The number of hydrogen-bond acceptors (Lipinski definition) is 4. The quantitative estimate of drug-likeness (QED) is 0.397. The van der Waals surface area contributed by atoms with Gasteiger partial charge in [-0.05, 0) is 66.4 Å². The van der Waals surface area contributed by atoms with E-state index in [1.807, 2.05) is 18.2 Å². The van der Waals surface area contributed by atoms with Crippen LogP contribution in [0.3, 0.4) is 0 Å². The highest BCUT2D eigenvalue weighted by Gasteiger charge is 2.38. The summed E-state index contributed by atoms with van der Waals surface area (Å²) in [6, 6.07) is 21.2. The fourth-order valence-corrected chi connectivity index (χ4v) is 3.18. The van der Waals surface area contributed by atoms with Crippen molar-refractivity contribution in [2.45, 2.75) is 38.7 Å². The Kier molecular flexibility index (Phi) is 6.99. The molecule has 0 spiro atoms. The largest absolute Gasteiger partial charge is 0.478 e. The lowest BCUT2D eigenvalue weighted by Crippen LogP contribution is -2.38. The molecule has 0 radical (unpaired) electrons. The van der Waals surface area contributed by atoms with Gasteiger partial charge in [0.15, 0.2) is 0 Å². The van der Waals surface area contributed by atoms with Gasteiger partial charge in [-0.25, -0.2) is 4.79 Å². The lowest BCUT2D eigenvalue weighted by molar-refractivity contribution is -0.154. The van der Waals surface area contributed by atoms with Gasteiger partial charge in [0, 0.05) is 10.6 Å². The highest BCUT2D eigenvalue weighted by atomic mass is 35.5. The minimum absolute atomic E-state index is 0.00722. The van der Waals surface area contributed by atoms with Gasteiger partial charge in [0.25, 0.3) is 0 Å². The maximum Gasteiger partial charge on any atom is 0.352 e. The van der Waals surface area contributed by atoms with E-state index in [4.69, 9.17) is 25.8 Å². The van der Waals surface area contributed by atoms with Crippen molar-refractivity contribution in [1.29, 1.82) is 0 Å². The lowest BCUT2D eigenvalue weighted by Gasteiger charge is -2.28. The molecule has 0 bridgehead atoms. The molecule has 6 heteroatoms. The van der Waals surface area contributed by atoms with E-state index < -0.39 is 11.6 Å². The van der Waals surface area contributed by atoms with Crippen LogP contribution in [0.2, 0.25) is 5.02 Å². The molecule has 168 valence electrons. The van der Waals surface area contributed by atoms with Gasteiger partial charge < -0.3 is 19.3 Å². The van der Waals surface area contributed by atoms with Crippen LogP contribution in [-0.2, 0) is 15.8 Å². The van der Waals surface area contributed by atoms with Crippen LogP contribution in [0, 0.1) is 0 Å². The molecule has 5 nitrogen and oxygen atoms in total. The summed E-state index contributed by atoms with van der Waals surface area (Å²) < 4.78 is 17.1. The molecular weight excluding hydrogens is 428 g/mol. The van der Waals surface area contributed by atoms with E-state index in [1.165, 1.54) is 0 Å². The first kappa shape index (κ1) is 23.5. The number of halogens is 1. The molecule has 3 aromatic carbocycles. The van der Waals surface area contributed by atoms with E-state index >= 15 is 0 Å². The molecule has 0 aliphatic rings. The number of rotatable bonds is 8. The van der Waals surface area contributed by atoms with Crippen LogP contribution in [-0.4, -0.2) is 17.9 Å². The third kappa shape index (κ3) is 5.74. The third-order valence-electron chi connectivity index (χ3n) is 5.10. The van der Waals surface area contributed by atoms with Crippen LogP contribution in [0.15, 0.2) is 72.8 Å². The summed E-state index contributed by atoms with van der Waals surface area (Å²) in [5.41, 5.74) is -0.0784. The number of carboxylic acid groups (broad SMARTS) is 1. The van der Waals surface area contributed by atoms with Gasteiger partial charge in [0.1, 0.15) is 17.2 Å². The normalized spacial score (nSPS) is 13.2. The lowest BCUT2D eigenvalue weighted by atomic mass is 9.87. The average Bonchev–Trinajstić information content (AvgIpc) is 2.75. The number of aliphatic carboxylic acids is 1. The molecule has 32 heavy (non-hydrogen) atoms. The Bertz CT molecular complexity index is 1050. The average molecular weight is 455 g/mol. The fourth-order valence-electron chi connectivity index (χ4n) is 3.05. The van der Waals surface area contributed by atoms with Gasteiger partial charge in [-0.1, -0.05) is 56.6 Å². The van der Waals surface area contributed by atoms with Crippen LogP contribution in [0.1, 0.15) is 38.8 Å². The van der Waals surface area contributed by atoms with Crippen molar-refractivity contribution in [1.82, 2.24) is 0 Å². The van der Waals surface area contributed by atoms with Gasteiger partial charge in [-0.15, -0.1) is 0 Å². The highest BCUT2D eigenvalue weighted by molar-refractivity contribution is 6.30. The van der Waals surface area contributed by atoms with E-state index in [-0.39, 0.29) is 12.2 Å². The minimum atomic E-state index is -1.56. The predicted octanol–water partition coefficient (Wildman–Crippen LogP) is 6.43. The van der Waals surface area contributed by atoms with E-state index in [0.29, 0.717) is 27.8 Å². The Balaban J connectivity index is 1.71. The number of carbonyl (C=O) groups is 1. The summed E-state index contributed by atoms with van der Waals surface area (Å²) in [6.07, 6.45) is 0. The molecular formula is C26H27ClO5. The molecule has 0 aromatic heterocycles. The van der Waals surface area contributed by atoms with Crippen molar-refractivity contribution in [3.8, 4) is 17.2 Å². The Morgan fingerprint density at radius 3 is 1.91 bits per heavy atom. The number of hydrogen-bond donors (Lipinski definition) is 1. The van der Waals surface area contributed by atoms with Crippen LogP contribution in [0.5, 0.6) is 17.2 Å². The molecule has 1 atom stereocenters. The van der Waals surface area contributed by atoms with Crippen LogP contribution in [0.4, 0.5) is 0 Å². The predicted molar refractivity (Wildman–Crippen MR) is 125 cm³/mol. The number of benzene rings is 3. The first-order valence-corrected chi connectivity index (χ1v) is 10.6. The fraction of sp³-hybridized carbons (Fsp3) is 0.269. The van der Waals surface area contributed by atoms with Crippen LogP contribution < -0.4 is 14.2 Å². The second-order valence-corrected chi connectivity index (χ2v) is 9.04. The molecule has 0 saturated heterocycles. The summed E-state index contributed by atoms with van der Waals surface area (Å²) in [4.78, 5) is 12.2. The van der Waals surface area contributed by atoms with Crippen molar-refractivity contribution in [3.05, 3.63) is 88.9 Å². The molecule has 0 fully saturated rings. The van der Waals surface area contributed by atoms with Crippen LogP contribution in [0.25, 0.3) is 0 Å². The molecule has 0 aliphatic heterocycles. The summed E-state index contributed by atoms with van der Waals surface area (Å²) >= 11 is 5.86. The molecule has 1 N–H and O–H groups in total.